The van der Waals surface area contributed by atoms with E-state index in [0.717, 1.165) is 18.8 Å². The number of hydrogen-bond donors (Lipinski definition) is 2. The van der Waals surface area contributed by atoms with Crippen LogP contribution in [0.5, 0.6) is 0 Å². The number of hydrogen-bond acceptors (Lipinski definition) is 3. The fraction of sp³-hybridized carbons (Fsp3) is 0.273. The van der Waals surface area contributed by atoms with Crippen LogP contribution in [0.1, 0.15) is 40.0 Å². The lowest BCUT2D eigenvalue weighted by atomic mass is 10.1. The molecule has 2 amide bonds. The Kier molecular flexibility index (Phi) is 6.26. The summed E-state index contributed by atoms with van der Waals surface area (Å²) in [5, 5.41) is 5.58. The molecule has 0 unspecified atom stereocenters. The lowest BCUT2D eigenvalue weighted by Crippen LogP contribution is -2.29. The minimum Gasteiger partial charge on any atom is -0.372 e. The lowest BCUT2D eigenvalue weighted by Gasteiger charge is -2.28. The number of rotatable bonds is 6. The van der Waals surface area contributed by atoms with Gasteiger partial charge in [-0.3, -0.25) is 9.59 Å². The molecule has 3 rings (SSSR count). The summed E-state index contributed by atoms with van der Waals surface area (Å²) in [6, 6.07) is 14.6. The molecular weight excluding hydrogens is 338 g/mol. The van der Waals surface area contributed by atoms with Gasteiger partial charge in [-0.25, -0.2) is 0 Å². The summed E-state index contributed by atoms with van der Waals surface area (Å²) < 4.78 is 0. The predicted octanol–water partition coefficient (Wildman–Crippen LogP) is 3.85. The van der Waals surface area contributed by atoms with Crippen LogP contribution in [-0.2, 0) is 0 Å². The lowest BCUT2D eigenvalue weighted by molar-refractivity contribution is 0.0959. The fourth-order valence-corrected chi connectivity index (χ4v) is 3.22. The first-order valence-electron chi connectivity index (χ1n) is 9.33. The van der Waals surface area contributed by atoms with E-state index in [-0.39, 0.29) is 11.8 Å². The Balaban J connectivity index is 1.70. The van der Waals surface area contributed by atoms with Crippen LogP contribution in [-0.4, -0.2) is 31.4 Å². The zero-order valence-corrected chi connectivity index (χ0v) is 15.4. The predicted molar refractivity (Wildman–Crippen MR) is 109 cm³/mol. The Bertz CT molecular complexity index is 809. The Morgan fingerprint density at radius 3 is 2.37 bits per heavy atom. The van der Waals surface area contributed by atoms with E-state index in [4.69, 9.17) is 0 Å². The Hall–Kier alpha value is -3.08. The molecule has 0 aliphatic carbocycles. The van der Waals surface area contributed by atoms with Crippen molar-refractivity contribution in [2.24, 2.45) is 0 Å². The molecule has 1 saturated heterocycles. The molecule has 1 fully saturated rings. The normalized spacial score (nSPS) is 13.7. The maximum absolute atomic E-state index is 12.6. The Morgan fingerprint density at radius 2 is 1.67 bits per heavy atom. The van der Waals surface area contributed by atoms with Gasteiger partial charge in [0.15, 0.2) is 0 Å². The number of benzene rings is 2. The molecule has 0 aromatic heterocycles. The molecule has 0 radical (unpaired) electrons. The summed E-state index contributed by atoms with van der Waals surface area (Å²) in [5.74, 6) is -0.476. The summed E-state index contributed by atoms with van der Waals surface area (Å²) in [4.78, 5) is 27.2. The van der Waals surface area contributed by atoms with E-state index in [1.54, 1.807) is 30.3 Å². The van der Waals surface area contributed by atoms with Crippen molar-refractivity contribution < 1.29 is 9.59 Å². The summed E-state index contributed by atoms with van der Waals surface area (Å²) in [7, 11) is 0. The van der Waals surface area contributed by atoms with Gasteiger partial charge in [-0.05, 0) is 55.7 Å². The van der Waals surface area contributed by atoms with E-state index in [1.165, 1.54) is 19.3 Å². The zero-order chi connectivity index (χ0) is 19.1. The van der Waals surface area contributed by atoms with Crippen molar-refractivity contribution in [3.8, 4) is 0 Å². The van der Waals surface area contributed by atoms with Crippen molar-refractivity contribution in [3.63, 3.8) is 0 Å². The molecule has 1 aliphatic rings. The molecule has 0 atom stereocenters. The van der Waals surface area contributed by atoms with Crippen molar-refractivity contribution in [2.75, 3.05) is 29.9 Å². The maximum Gasteiger partial charge on any atom is 0.255 e. The highest BCUT2D eigenvalue weighted by Gasteiger charge is 2.15. The Morgan fingerprint density at radius 1 is 0.963 bits per heavy atom. The van der Waals surface area contributed by atoms with E-state index < -0.39 is 0 Å². The molecule has 5 heteroatoms. The highest BCUT2D eigenvalue weighted by atomic mass is 16.2. The molecule has 2 aromatic carbocycles. The van der Waals surface area contributed by atoms with Gasteiger partial charge in [-0.15, -0.1) is 6.58 Å². The van der Waals surface area contributed by atoms with Gasteiger partial charge in [-0.2, -0.15) is 0 Å². The van der Waals surface area contributed by atoms with Crippen LogP contribution in [0.25, 0.3) is 0 Å². The topological polar surface area (TPSA) is 61.4 Å². The SMILES string of the molecule is C=CCNC(=O)c1ccccc1NC(=O)c1ccc(N2CCCCC2)cc1. The highest BCUT2D eigenvalue weighted by Crippen LogP contribution is 2.21. The van der Waals surface area contributed by atoms with Crippen LogP contribution in [0.15, 0.2) is 61.2 Å². The van der Waals surface area contributed by atoms with E-state index in [0.29, 0.717) is 23.4 Å². The second kappa shape index (κ2) is 9.03. The average molecular weight is 363 g/mol. The number of carbonyl (C=O) groups excluding carboxylic acids is 2. The van der Waals surface area contributed by atoms with Crippen LogP contribution in [0.2, 0.25) is 0 Å². The second-order valence-corrected chi connectivity index (χ2v) is 6.59. The van der Waals surface area contributed by atoms with E-state index in [1.807, 2.05) is 24.3 Å². The van der Waals surface area contributed by atoms with Crippen molar-refractivity contribution in [3.05, 3.63) is 72.3 Å². The third-order valence-corrected chi connectivity index (χ3v) is 4.68. The molecule has 0 saturated carbocycles. The minimum atomic E-state index is -0.244. The number of amides is 2. The average Bonchev–Trinajstić information content (AvgIpc) is 2.73. The first kappa shape index (κ1) is 18.7. The zero-order valence-electron chi connectivity index (χ0n) is 15.4. The van der Waals surface area contributed by atoms with Gasteiger partial charge in [0.2, 0.25) is 0 Å². The molecule has 5 nitrogen and oxygen atoms in total. The number of nitrogens with zero attached hydrogens (tertiary/aromatic N) is 1. The van der Waals surface area contributed by atoms with Crippen LogP contribution < -0.4 is 15.5 Å². The maximum atomic E-state index is 12.6. The van der Waals surface area contributed by atoms with Crippen LogP contribution in [0.4, 0.5) is 11.4 Å². The number of carbonyl (C=O) groups is 2. The highest BCUT2D eigenvalue weighted by molar-refractivity contribution is 6.09. The first-order chi connectivity index (χ1) is 13.2. The molecule has 2 N–H and O–H groups in total. The van der Waals surface area contributed by atoms with Gasteiger partial charge in [0.1, 0.15) is 0 Å². The third kappa shape index (κ3) is 4.76. The summed E-state index contributed by atoms with van der Waals surface area (Å²) in [6.07, 6.45) is 5.33. The van der Waals surface area contributed by atoms with Crippen LogP contribution in [0, 0.1) is 0 Å². The molecular formula is C22H25N3O2. The largest absolute Gasteiger partial charge is 0.372 e. The second-order valence-electron chi connectivity index (χ2n) is 6.59. The van der Waals surface area contributed by atoms with Gasteiger partial charge in [0.05, 0.1) is 11.3 Å². The van der Waals surface area contributed by atoms with E-state index in [9.17, 15) is 9.59 Å². The van der Waals surface area contributed by atoms with Crippen molar-refractivity contribution in [1.82, 2.24) is 5.32 Å². The molecule has 0 bridgehead atoms. The number of para-hydroxylation sites is 1. The molecule has 0 spiro atoms. The molecule has 140 valence electrons. The molecule has 2 aromatic rings. The van der Waals surface area contributed by atoms with Crippen molar-refractivity contribution >= 4 is 23.2 Å². The minimum absolute atomic E-state index is 0.232. The van der Waals surface area contributed by atoms with Gasteiger partial charge in [0, 0.05) is 30.9 Å². The van der Waals surface area contributed by atoms with Gasteiger partial charge in [0.25, 0.3) is 11.8 Å². The molecule has 27 heavy (non-hydrogen) atoms. The van der Waals surface area contributed by atoms with Crippen molar-refractivity contribution in [2.45, 2.75) is 19.3 Å². The summed E-state index contributed by atoms with van der Waals surface area (Å²) in [5.41, 5.74) is 2.63. The van der Waals surface area contributed by atoms with E-state index in [2.05, 4.69) is 22.1 Å². The quantitative estimate of drug-likeness (QED) is 0.767. The standard InChI is InChI=1S/C22H25N3O2/c1-2-14-23-22(27)19-8-4-5-9-20(19)24-21(26)17-10-12-18(13-11-17)25-15-6-3-7-16-25/h2,4-5,8-13H,1,3,6-7,14-16H2,(H,23,27)(H,24,26). The molecule has 1 aliphatic heterocycles. The number of nitrogens with one attached hydrogen (secondary N) is 2. The Labute approximate surface area is 160 Å². The molecule has 1 heterocycles. The van der Waals surface area contributed by atoms with Gasteiger partial charge >= 0.3 is 0 Å². The monoisotopic (exact) mass is 363 g/mol. The summed E-state index contributed by atoms with van der Waals surface area (Å²) >= 11 is 0. The van der Waals surface area contributed by atoms with Crippen LogP contribution in [0.3, 0.4) is 0 Å². The third-order valence-electron chi connectivity index (χ3n) is 4.68. The van der Waals surface area contributed by atoms with Crippen LogP contribution >= 0.6 is 0 Å². The first-order valence-corrected chi connectivity index (χ1v) is 9.33. The van der Waals surface area contributed by atoms with Crippen molar-refractivity contribution in [1.29, 1.82) is 0 Å². The number of piperidine rings is 1. The van der Waals surface area contributed by atoms with E-state index >= 15 is 0 Å². The van der Waals surface area contributed by atoms with Gasteiger partial charge in [-0.1, -0.05) is 18.2 Å². The fourth-order valence-electron chi connectivity index (χ4n) is 3.22. The smallest absolute Gasteiger partial charge is 0.255 e. The number of anilines is 2. The summed E-state index contributed by atoms with van der Waals surface area (Å²) in [6.45, 7) is 6.10. The van der Waals surface area contributed by atoms with Gasteiger partial charge < -0.3 is 15.5 Å².